The van der Waals surface area contributed by atoms with Crippen LogP contribution in [0.1, 0.15) is 49.1 Å². The maximum atomic E-state index is 13.9. The van der Waals surface area contributed by atoms with Gasteiger partial charge in [-0.25, -0.2) is 4.39 Å². The van der Waals surface area contributed by atoms with Crippen molar-refractivity contribution >= 4 is 23.5 Å². The van der Waals surface area contributed by atoms with E-state index in [1.165, 1.54) is 23.8 Å². The number of anilines is 1. The normalized spacial score (nSPS) is 15.1. The van der Waals surface area contributed by atoms with Gasteiger partial charge in [0.1, 0.15) is 5.82 Å². The first-order valence-corrected chi connectivity index (χ1v) is 10.6. The highest BCUT2D eigenvalue weighted by Gasteiger charge is 2.33. The molecule has 6 nitrogen and oxygen atoms in total. The summed E-state index contributed by atoms with van der Waals surface area (Å²) in [6.45, 7) is 0.896. The van der Waals surface area contributed by atoms with Gasteiger partial charge in [-0.3, -0.25) is 14.4 Å². The van der Waals surface area contributed by atoms with Crippen molar-refractivity contribution in [3.8, 4) is 0 Å². The topological polar surface area (TPSA) is 86.7 Å². The number of nitrogens with zero attached hydrogens (tertiary/aromatic N) is 1. The summed E-state index contributed by atoms with van der Waals surface area (Å²) in [5.74, 6) is -2.55. The summed E-state index contributed by atoms with van der Waals surface area (Å²) in [6.07, 6.45) is 2.58. The molecule has 2 amide bonds. The summed E-state index contributed by atoms with van der Waals surface area (Å²) in [7, 11) is 0. The molecule has 0 saturated heterocycles. The average Bonchev–Trinajstić information content (AvgIpc) is 2.75. The van der Waals surface area contributed by atoms with E-state index in [4.69, 9.17) is 5.11 Å². The summed E-state index contributed by atoms with van der Waals surface area (Å²) in [6, 6.07) is 14.0. The Morgan fingerprint density at radius 2 is 1.81 bits per heavy atom. The van der Waals surface area contributed by atoms with E-state index in [2.05, 4.69) is 5.32 Å². The van der Waals surface area contributed by atoms with E-state index in [1.54, 1.807) is 4.90 Å². The highest BCUT2D eigenvalue weighted by Crippen LogP contribution is 2.34. The highest BCUT2D eigenvalue weighted by molar-refractivity contribution is 6.01. The lowest BCUT2D eigenvalue weighted by atomic mass is 9.89. The minimum absolute atomic E-state index is 0.0282. The maximum absolute atomic E-state index is 13.9. The van der Waals surface area contributed by atoms with Gasteiger partial charge in [-0.1, -0.05) is 30.3 Å². The van der Waals surface area contributed by atoms with Crippen molar-refractivity contribution in [3.63, 3.8) is 0 Å². The third-order valence-corrected chi connectivity index (χ3v) is 5.47. The van der Waals surface area contributed by atoms with Crippen molar-refractivity contribution in [1.82, 2.24) is 4.90 Å². The van der Waals surface area contributed by atoms with Gasteiger partial charge in [-0.2, -0.15) is 0 Å². The molecule has 1 heterocycles. The van der Waals surface area contributed by atoms with Crippen LogP contribution in [0.25, 0.3) is 0 Å². The summed E-state index contributed by atoms with van der Waals surface area (Å²) in [4.78, 5) is 38.0. The van der Waals surface area contributed by atoms with Gasteiger partial charge in [0.15, 0.2) is 0 Å². The number of nitrogens with one attached hydrogen (secondary N) is 1. The number of carbonyl (C=O) groups excluding carboxylic acids is 2. The predicted octanol–water partition coefficient (Wildman–Crippen LogP) is 3.97. The van der Waals surface area contributed by atoms with Crippen molar-refractivity contribution in [2.45, 2.75) is 44.4 Å². The lowest BCUT2D eigenvalue weighted by molar-refractivity contribution is -0.137. The Bertz CT molecular complexity index is 932. The Morgan fingerprint density at radius 3 is 2.55 bits per heavy atom. The van der Waals surface area contributed by atoms with Gasteiger partial charge < -0.3 is 15.3 Å². The molecule has 0 aromatic heterocycles. The second kappa shape index (κ2) is 10.7. The number of carbonyl (C=O) groups is 3. The van der Waals surface area contributed by atoms with Crippen LogP contribution >= 0.6 is 0 Å². The van der Waals surface area contributed by atoms with Crippen molar-refractivity contribution in [3.05, 3.63) is 65.5 Å². The first-order valence-electron chi connectivity index (χ1n) is 10.6. The van der Waals surface area contributed by atoms with Crippen LogP contribution in [0.3, 0.4) is 0 Å². The molecule has 2 aromatic rings. The van der Waals surface area contributed by atoms with Crippen molar-refractivity contribution in [2.24, 2.45) is 0 Å². The van der Waals surface area contributed by atoms with Crippen LogP contribution in [-0.4, -0.2) is 40.9 Å². The maximum Gasteiger partial charge on any atom is 0.303 e. The Balaban J connectivity index is 1.72. The van der Waals surface area contributed by atoms with Gasteiger partial charge in [0.2, 0.25) is 11.8 Å². The standard InChI is InChI=1S/C24H27FN2O4/c25-18-11-12-21-19(15-18)20(16-22(28)26-21)24(31)27(13-5-4-10-23(29)30)14-6-9-17-7-2-1-3-8-17/h1-3,7-8,11-12,15,20H,4-6,9-10,13-14,16H2,(H,26,28)(H,29,30). The molecule has 1 atom stereocenters. The fraction of sp³-hybridized carbons (Fsp3) is 0.375. The smallest absolute Gasteiger partial charge is 0.303 e. The van der Waals surface area contributed by atoms with Gasteiger partial charge in [0.05, 0.1) is 5.92 Å². The lowest BCUT2D eigenvalue weighted by Crippen LogP contribution is -2.40. The molecule has 1 unspecified atom stereocenters. The number of hydrogen-bond donors (Lipinski definition) is 2. The third-order valence-electron chi connectivity index (χ3n) is 5.47. The van der Waals surface area contributed by atoms with E-state index in [0.29, 0.717) is 37.2 Å². The monoisotopic (exact) mass is 426 g/mol. The second-order valence-corrected chi connectivity index (χ2v) is 7.80. The van der Waals surface area contributed by atoms with Gasteiger partial charge in [-0.15, -0.1) is 0 Å². The number of amides is 2. The van der Waals surface area contributed by atoms with E-state index in [0.717, 1.165) is 12.8 Å². The number of benzene rings is 2. The predicted molar refractivity (Wildman–Crippen MR) is 115 cm³/mol. The average molecular weight is 426 g/mol. The fourth-order valence-corrected chi connectivity index (χ4v) is 3.90. The van der Waals surface area contributed by atoms with Crippen LogP contribution in [0.5, 0.6) is 0 Å². The third kappa shape index (κ3) is 6.38. The van der Waals surface area contributed by atoms with Gasteiger partial charge in [0.25, 0.3) is 0 Å². The Labute approximate surface area is 181 Å². The lowest BCUT2D eigenvalue weighted by Gasteiger charge is -2.31. The molecule has 2 aromatic carbocycles. The molecule has 0 spiro atoms. The van der Waals surface area contributed by atoms with Crippen LogP contribution in [0.15, 0.2) is 48.5 Å². The zero-order chi connectivity index (χ0) is 22.2. The van der Waals surface area contributed by atoms with E-state index in [9.17, 15) is 18.8 Å². The number of carboxylic acid groups (broad SMARTS) is 1. The van der Waals surface area contributed by atoms with Crippen LogP contribution in [0, 0.1) is 5.82 Å². The zero-order valence-corrected chi connectivity index (χ0v) is 17.4. The Kier molecular flexibility index (Phi) is 7.76. The summed E-state index contributed by atoms with van der Waals surface area (Å²) >= 11 is 0. The molecule has 164 valence electrons. The Morgan fingerprint density at radius 1 is 1.06 bits per heavy atom. The minimum Gasteiger partial charge on any atom is -0.481 e. The van der Waals surface area contributed by atoms with Crippen LogP contribution in [0.4, 0.5) is 10.1 Å². The number of fused-ring (bicyclic) bond motifs is 1. The zero-order valence-electron chi connectivity index (χ0n) is 17.4. The molecule has 1 aliphatic heterocycles. The quantitative estimate of drug-likeness (QED) is 0.563. The number of carboxylic acids is 1. The summed E-state index contributed by atoms with van der Waals surface area (Å²) < 4.78 is 13.9. The number of halogens is 1. The second-order valence-electron chi connectivity index (χ2n) is 7.80. The fourth-order valence-electron chi connectivity index (χ4n) is 3.90. The molecule has 2 N–H and O–H groups in total. The van der Waals surface area contributed by atoms with Crippen molar-refractivity contribution < 1.29 is 23.9 Å². The molecule has 31 heavy (non-hydrogen) atoms. The van der Waals surface area contributed by atoms with Gasteiger partial charge in [0, 0.05) is 31.6 Å². The number of aryl methyl sites for hydroxylation is 1. The molecule has 7 heteroatoms. The van der Waals surface area contributed by atoms with Gasteiger partial charge in [-0.05, 0) is 55.0 Å². The molecular weight excluding hydrogens is 399 g/mol. The minimum atomic E-state index is -0.865. The van der Waals surface area contributed by atoms with Crippen molar-refractivity contribution in [1.29, 1.82) is 0 Å². The van der Waals surface area contributed by atoms with E-state index in [-0.39, 0.29) is 24.7 Å². The molecular formula is C24H27FN2O4. The van der Waals surface area contributed by atoms with Crippen LogP contribution in [-0.2, 0) is 20.8 Å². The highest BCUT2D eigenvalue weighted by atomic mass is 19.1. The SMILES string of the molecule is O=C(O)CCCCN(CCCc1ccccc1)C(=O)C1CC(=O)Nc2ccc(F)cc21. The molecule has 3 rings (SSSR count). The van der Waals surface area contributed by atoms with E-state index in [1.807, 2.05) is 30.3 Å². The molecule has 1 aliphatic rings. The first kappa shape index (κ1) is 22.5. The molecule has 0 radical (unpaired) electrons. The molecule has 0 aliphatic carbocycles. The number of rotatable bonds is 10. The van der Waals surface area contributed by atoms with E-state index >= 15 is 0 Å². The van der Waals surface area contributed by atoms with Crippen LogP contribution in [0.2, 0.25) is 0 Å². The van der Waals surface area contributed by atoms with Gasteiger partial charge >= 0.3 is 5.97 Å². The Hall–Kier alpha value is -3.22. The number of unbranched alkanes of at least 4 members (excludes halogenated alkanes) is 1. The van der Waals surface area contributed by atoms with E-state index < -0.39 is 17.7 Å². The van der Waals surface area contributed by atoms with Crippen LogP contribution < -0.4 is 5.32 Å². The molecule has 0 bridgehead atoms. The number of hydrogen-bond acceptors (Lipinski definition) is 3. The molecule has 0 fully saturated rings. The first-order chi connectivity index (χ1) is 14.9. The van der Waals surface area contributed by atoms with Crippen molar-refractivity contribution in [2.75, 3.05) is 18.4 Å². The molecule has 0 saturated carbocycles. The summed E-state index contributed by atoms with van der Waals surface area (Å²) in [5, 5.41) is 11.6. The largest absolute Gasteiger partial charge is 0.481 e. The number of aliphatic carboxylic acids is 1. The summed E-state index contributed by atoms with van der Waals surface area (Å²) in [5.41, 5.74) is 2.12.